The van der Waals surface area contributed by atoms with E-state index in [2.05, 4.69) is 110 Å². The SMILES string of the molecule is Cc1nc2c3ccccc3c3ccccc3c2nc1-c1ccc(-c2cccc3c2oc2ccccc23)cc1. The van der Waals surface area contributed by atoms with Gasteiger partial charge in [-0.1, -0.05) is 109 Å². The Bertz CT molecular complexity index is 2190. The van der Waals surface area contributed by atoms with E-state index < -0.39 is 0 Å². The van der Waals surface area contributed by atoms with Crippen LogP contribution in [0.1, 0.15) is 5.69 Å². The first-order valence-electron chi connectivity index (χ1n) is 12.9. The zero-order valence-electron chi connectivity index (χ0n) is 20.8. The quantitative estimate of drug-likeness (QED) is 0.228. The minimum Gasteiger partial charge on any atom is -0.455 e. The highest BCUT2D eigenvalue weighted by atomic mass is 16.3. The van der Waals surface area contributed by atoms with E-state index in [9.17, 15) is 0 Å². The first kappa shape index (κ1) is 21.1. The van der Waals surface area contributed by atoms with Gasteiger partial charge < -0.3 is 4.42 Å². The lowest BCUT2D eigenvalue weighted by atomic mass is 9.98. The van der Waals surface area contributed by atoms with Crippen LogP contribution in [-0.2, 0) is 0 Å². The Labute approximate surface area is 219 Å². The predicted molar refractivity (Wildman–Crippen MR) is 157 cm³/mol. The van der Waals surface area contributed by atoms with Gasteiger partial charge in [-0.05, 0) is 29.3 Å². The average molecular weight is 487 g/mol. The molecule has 0 bridgehead atoms. The monoisotopic (exact) mass is 486 g/mol. The van der Waals surface area contributed by atoms with Crippen LogP contribution in [0.4, 0.5) is 0 Å². The Morgan fingerprint density at radius 3 is 1.74 bits per heavy atom. The van der Waals surface area contributed by atoms with Gasteiger partial charge in [-0.2, -0.15) is 0 Å². The highest BCUT2D eigenvalue weighted by molar-refractivity contribution is 6.23. The number of rotatable bonds is 2. The van der Waals surface area contributed by atoms with Crippen LogP contribution in [-0.4, -0.2) is 9.97 Å². The fraction of sp³-hybridized carbons (Fsp3) is 0.0286. The van der Waals surface area contributed by atoms with Crippen LogP contribution in [0.25, 0.3) is 76.9 Å². The van der Waals surface area contributed by atoms with Crippen molar-refractivity contribution in [1.29, 1.82) is 0 Å². The van der Waals surface area contributed by atoms with Gasteiger partial charge in [0.2, 0.25) is 0 Å². The van der Waals surface area contributed by atoms with Gasteiger partial charge in [0.15, 0.2) is 0 Å². The molecule has 0 aliphatic heterocycles. The molecule has 0 aliphatic rings. The highest BCUT2D eigenvalue weighted by Crippen LogP contribution is 2.38. The molecule has 0 amide bonds. The number of para-hydroxylation sites is 2. The zero-order valence-corrected chi connectivity index (χ0v) is 20.8. The molecular weight excluding hydrogens is 464 g/mol. The van der Waals surface area contributed by atoms with Gasteiger partial charge in [-0.15, -0.1) is 0 Å². The summed E-state index contributed by atoms with van der Waals surface area (Å²) in [7, 11) is 0. The number of furan rings is 1. The minimum atomic E-state index is 0.909. The molecule has 0 fully saturated rings. The van der Waals surface area contributed by atoms with Crippen molar-refractivity contribution in [1.82, 2.24) is 9.97 Å². The normalized spacial score (nSPS) is 11.8. The van der Waals surface area contributed by atoms with Crippen molar-refractivity contribution in [2.45, 2.75) is 6.92 Å². The second kappa shape index (κ2) is 7.99. The zero-order chi connectivity index (χ0) is 25.2. The molecule has 3 heteroatoms. The first-order valence-corrected chi connectivity index (χ1v) is 12.9. The maximum atomic E-state index is 6.27. The molecule has 0 radical (unpaired) electrons. The van der Waals surface area contributed by atoms with Crippen molar-refractivity contribution in [3.05, 3.63) is 121 Å². The highest BCUT2D eigenvalue weighted by Gasteiger charge is 2.16. The van der Waals surface area contributed by atoms with E-state index >= 15 is 0 Å². The molecule has 8 rings (SSSR count). The number of aryl methyl sites for hydroxylation is 1. The summed E-state index contributed by atoms with van der Waals surface area (Å²) in [5.41, 5.74) is 8.80. The molecule has 178 valence electrons. The van der Waals surface area contributed by atoms with Crippen molar-refractivity contribution in [3.63, 3.8) is 0 Å². The third-order valence-corrected chi connectivity index (χ3v) is 7.60. The summed E-state index contributed by atoms with van der Waals surface area (Å²) in [5.74, 6) is 0. The molecule has 8 aromatic rings. The molecule has 3 nitrogen and oxygen atoms in total. The number of hydrogen-bond acceptors (Lipinski definition) is 3. The summed E-state index contributed by atoms with van der Waals surface area (Å²) in [6.45, 7) is 2.05. The molecule has 6 aromatic carbocycles. The van der Waals surface area contributed by atoms with E-state index in [1.54, 1.807) is 0 Å². The Kier molecular flexibility index (Phi) is 4.44. The van der Waals surface area contributed by atoms with Gasteiger partial charge in [0.1, 0.15) is 11.2 Å². The van der Waals surface area contributed by atoms with Crippen molar-refractivity contribution in [2.75, 3.05) is 0 Å². The Morgan fingerprint density at radius 2 is 1.03 bits per heavy atom. The topological polar surface area (TPSA) is 38.9 Å². The van der Waals surface area contributed by atoms with Crippen molar-refractivity contribution < 1.29 is 4.42 Å². The minimum absolute atomic E-state index is 0.909. The summed E-state index contributed by atoms with van der Waals surface area (Å²) in [6, 6.07) is 40.1. The Morgan fingerprint density at radius 1 is 0.474 bits per heavy atom. The molecule has 0 atom stereocenters. The molecule has 0 spiro atoms. The molecule has 0 saturated carbocycles. The van der Waals surface area contributed by atoms with E-state index in [-0.39, 0.29) is 0 Å². The lowest BCUT2D eigenvalue weighted by Gasteiger charge is -2.13. The first-order chi connectivity index (χ1) is 18.8. The van der Waals surface area contributed by atoms with E-state index in [0.29, 0.717) is 0 Å². The number of hydrogen-bond donors (Lipinski definition) is 0. The second-order valence-electron chi connectivity index (χ2n) is 9.80. The number of aromatic nitrogens is 2. The van der Waals surface area contributed by atoms with E-state index in [1.807, 2.05) is 12.1 Å². The van der Waals surface area contributed by atoms with Gasteiger partial charge in [0, 0.05) is 32.7 Å². The predicted octanol–water partition coefficient (Wildman–Crippen LogP) is 9.48. The van der Waals surface area contributed by atoms with Gasteiger partial charge in [0.05, 0.1) is 22.4 Å². The number of fused-ring (bicyclic) bond motifs is 9. The van der Waals surface area contributed by atoms with E-state index in [0.717, 1.165) is 71.8 Å². The van der Waals surface area contributed by atoms with Crippen LogP contribution in [0.3, 0.4) is 0 Å². The molecule has 0 aliphatic carbocycles. The largest absolute Gasteiger partial charge is 0.455 e. The molecule has 0 saturated heterocycles. The number of benzene rings is 6. The number of nitrogens with zero attached hydrogens (tertiary/aromatic N) is 2. The fourth-order valence-electron chi connectivity index (χ4n) is 5.80. The van der Waals surface area contributed by atoms with Crippen LogP contribution in [0.2, 0.25) is 0 Å². The maximum Gasteiger partial charge on any atom is 0.143 e. The third-order valence-electron chi connectivity index (χ3n) is 7.60. The van der Waals surface area contributed by atoms with Gasteiger partial charge in [-0.25, -0.2) is 9.97 Å². The van der Waals surface area contributed by atoms with Crippen molar-refractivity contribution in [2.24, 2.45) is 0 Å². The summed E-state index contributed by atoms with van der Waals surface area (Å²) >= 11 is 0. The maximum absolute atomic E-state index is 6.27. The van der Waals surface area contributed by atoms with Crippen LogP contribution in [0.15, 0.2) is 120 Å². The van der Waals surface area contributed by atoms with Crippen LogP contribution >= 0.6 is 0 Å². The Balaban J connectivity index is 1.30. The molecule has 0 unspecified atom stereocenters. The molecule has 38 heavy (non-hydrogen) atoms. The Hall–Kier alpha value is -5.02. The average Bonchev–Trinajstić information content (AvgIpc) is 3.36. The van der Waals surface area contributed by atoms with E-state index in [1.165, 1.54) is 10.8 Å². The van der Waals surface area contributed by atoms with Crippen molar-refractivity contribution >= 4 is 54.5 Å². The molecule has 2 aromatic heterocycles. The lowest BCUT2D eigenvalue weighted by Crippen LogP contribution is -1.96. The molecular formula is C35H22N2O. The lowest BCUT2D eigenvalue weighted by molar-refractivity contribution is 0.670. The van der Waals surface area contributed by atoms with Gasteiger partial charge >= 0.3 is 0 Å². The molecule has 2 heterocycles. The fourth-order valence-corrected chi connectivity index (χ4v) is 5.80. The van der Waals surface area contributed by atoms with Crippen LogP contribution in [0, 0.1) is 6.92 Å². The van der Waals surface area contributed by atoms with Gasteiger partial charge in [0.25, 0.3) is 0 Å². The summed E-state index contributed by atoms with van der Waals surface area (Å²) in [6.07, 6.45) is 0. The van der Waals surface area contributed by atoms with Crippen molar-refractivity contribution in [3.8, 4) is 22.4 Å². The summed E-state index contributed by atoms with van der Waals surface area (Å²) in [4.78, 5) is 10.3. The smallest absolute Gasteiger partial charge is 0.143 e. The van der Waals surface area contributed by atoms with Crippen LogP contribution in [0.5, 0.6) is 0 Å². The second-order valence-corrected chi connectivity index (χ2v) is 9.80. The van der Waals surface area contributed by atoms with Gasteiger partial charge in [-0.3, -0.25) is 0 Å². The van der Waals surface area contributed by atoms with E-state index in [4.69, 9.17) is 14.4 Å². The molecule has 0 N–H and O–H groups in total. The van der Waals surface area contributed by atoms with Crippen LogP contribution < -0.4 is 0 Å². The summed E-state index contributed by atoms with van der Waals surface area (Å²) < 4.78 is 6.27. The standard InChI is InChI=1S/C35H22N2O/c1-21-32(37-34-29-13-5-3-10-26(29)25-9-2-4-12-28(25)33(34)36-21)23-19-17-22(18-20-23)24-14-8-15-30-27-11-6-7-16-31(27)38-35(24)30/h2-20H,1H3. The summed E-state index contributed by atoms with van der Waals surface area (Å²) in [5, 5.41) is 6.95. The third kappa shape index (κ3) is 3.02.